The van der Waals surface area contributed by atoms with Crippen molar-refractivity contribution in [3.8, 4) is 0 Å². The number of carbonyl (C=O) groups excluding carboxylic acids is 6. The van der Waals surface area contributed by atoms with Gasteiger partial charge in [0.05, 0.1) is 6.04 Å². The lowest BCUT2D eigenvalue weighted by Crippen LogP contribution is -2.55. The lowest BCUT2D eigenvalue weighted by molar-refractivity contribution is -0.139. The summed E-state index contributed by atoms with van der Waals surface area (Å²) in [4.78, 5) is 101. The largest absolute Gasteiger partial charge is 0.481 e. The van der Waals surface area contributed by atoms with Crippen LogP contribution >= 0.6 is 0 Å². The number of amides is 5. The Bertz CT molecular complexity index is 1670. The highest BCUT2D eigenvalue weighted by Crippen LogP contribution is 2.24. The molecule has 0 heterocycles. The van der Waals surface area contributed by atoms with Gasteiger partial charge in [-0.25, -0.2) is 4.79 Å². The summed E-state index contributed by atoms with van der Waals surface area (Å²) in [6.45, 7) is 8.25. The molecule has 5 amide bonds. The minimum Gasteiger partial charge on any atom is -0.481 e. The predicted octanol–water partition coefficient (Wildman–Crippen LogP) is 4.36. The van der Waals surface area contributed by atoms with Gasteiger partial charge in [-0.3, -0.25) is 33.6 Å². The third kappa shape index (κ3) is 15.2. The molecule has 15 heteroatoms. The number of urea groups is 1. The molecule has 54 heavy (non-hydrogen) atoms. The molecule has 2 rings (SSSR count). The van der Waals surface area contributed by atoms with Crippen LogP contribution in [-0.4, -0.2) is 69.1 Å². The van der Waals surface area contributed by atoms with Gasteiger partial charge in [0.25, 0.3) is 0 Å². The molecule has 0 fully saturated rings. The Morgan fingerprint density at radius 1 is 0.815 bits per heavy atom. The summed E-state index contributed by atoms with van der Waals surface area (Å²) in [6, 6.07) is 12.3. The molecule has 2 aromatic carbocycles. The number of carboxylic acid groups (broad SMARTS) is 2. The van der Waals surface area contributed by atoms with Crippen LogP contribution in [0.1, 0.15) is 90.2 Å². The van der Waals surface area contributed by atoms with Gasteiger partial charge in [0.15, 0.2) is 5.78 Å². The third-order valence-corrected chi connectivity index (χ3v) is 9.29. The van der Waals surface area contributed by atoms with Gasteiger partial charge in [0.1, 0.15) is 11.3 Å². The molecule has 2 aromatic rings. The van der Waals surface area contributed by atoms with Crippen LogP contribution in [0.3, 0.4) is 0 Å². The fourth-order valence-electron chi connectivity index (χ4n) is 5.63. The lowest BCUT2D eigenvalue weighted by Gasteiger charge is -2.28. The zero-order valence-electron chi connectivity index (χ0n) is 31.5. The molecule has 0 aliphatic rings. The molecule has 0 aliphatic carbocycles. The predicted molar refractivity (Wildman–Crippen MR) is 201 cm³/mol. The lowest BCUT2D eigenvalue weighted by atomic mass is 9.85. The van der Waals surface area contributed by atoms with Crippen LogP contribution in [0, 0.1) is 24.7 Å². The van der Waals surface area contributed by atoms with E-state index >= 15 is 0 Å². The number of ketones is 2. The molecule has 0 aliphatic heterocycles. The van der Waals surface area contributed by atoms with E-state index in [2.05, 4.69) is 21.3 Å². The van der Waals surface area contributed by atoms with Gasteiger partial charge in [0.2, 0.25) is 17.7 Å². The van der Waals surface area contributed by atoms with Gasteiger partial charge < -0.3 is 37.2 Å². The molecule has 0 aromatic heterocycles. The van der Waals surface area contributed by atoms with Gasteiger partial charge >= 0.3 is 18.0 Å². The summed E-state index contributed by atoms with van der Waals surface area (Å²) in [5, 5.41) is 29.1. The van der Waals surface area contributed by atoms with E-state index in [1.807, 2.05) is 32.0 Å². The zero-order valence-corrected chi connectivity index (χ0v) is 31.5. The maximum Gasteiger partial charge on any atom is 0.323 e. The number of primary amides is 1. The van der Waals surface area contributed by atoms with Crippen LogP contribution in [-0.2, 0) is 40.0 Å². The van der Waals surface area contributed by atoms with Crippen molar-refractivity contribution in [3.05, 3.63) is 59.7 Å². The van der Waals surface area contributed by atoms with E-state index in [4.69, 9.17) is 10.8 Å². The van der Waals surface area contributed by atoms with Crippen molar-refractivity contribution in [1.82, 2.24) is 10.6 Å². The molecule has 15 nitrogen and oxygen atoms in total. The molecule has 0 saturated carbocycles. The molecule has 0 bridgehead atoms. The number of hydrogen-bond donors (Lipinski definition) is 7. The summed E-state index contributed by atoms with van der Waals surface area (Å²) < 4.78 is 0. The SMILES string of the molecule is CCC(C)[C@H](CC(=O)Cc1ccc(NC(=O)Nc2ccccc2C)cc1)C(=O)N[C@@H](CCC(=O)O)C(=O)C[C@@H](CCCC(=O)O)C(=O)NC(C)(C)C(N)=O. The van der Waals surface area contributed by atoms with E-state index in [0.717, 1.165) is 5.56 Å². The van der Waals surface area contributed by atoms with Crippen LogP contribution in [0.15, 0.2) is 48.5 Å². The minimum absolute atomic E-state index is 0.00788. The Hall–Kier alpha value is -5.60. The van der Waals surface area contributed by atoms with Crippen molar-refractivity contribution in [1.29, 1.82) is 0 Å². The smallest absolute Gasteiger partial charge is 0.323 e. The van der Waals surface area contributed by atoms with E-state index in [9.17, 15) is 43.5 Å². The summed E-state index contributed by atoms with van der Waals surface area (Å²) in [6.07, 6.45) is -1.19. The number of hydrogen-bond acceptors (Lipinski definition) is 8. The van der Waals surface area contributed by atoms with Gasteiger partial charge in [-0.2, -0.15) is 0 Å². The molecular weight excluding hydrogens is 698 g/mol. The van der Waals surface area contributed by atoms with E-state index < -0.39 is 77.7 Å². The van der Waals surface area contributed by atoms with E-state index in [0.29, 0.717) is 23.4 Å². The van der Waals surface area contributed by atoms with Crippen LogP contribution in [0.2, 0.25) is 0 Å². The zero-order chi connectivity index (χ0) is 40.6. The molecule has 0 radical (unpaired) electrons. The number of nitrogens with two attached hydrogens (primary N) is 1. The first-order valence-electron chi connectivity index (χ1n) is 18.0. The molecule has 0 spiro atoms. The van der Waals surface area contributed by atoms with Crippen molar-refractivity contribution in [2.45, 2.75) is 104 Å². The summed E-state index contributed by atoms with van der Waals surface area (Å²) in [5.74, 6) is -7.69. The molecular formula is C39H53N5O10. The van der Waals surface area contributed by atoms with Crippen LogP contribution in [0.25, 0.3) is 0 Å². The highest BCUT2D eigenvalue weighted by molar-refractivity contribution is 6.00. The van der Waals surface area contributed by atoms with Crippen LogP contribution in [0.4, 0.5) is 16.2 Å². The fraction of sp³-hybridized carbons (Fsp3) is 0.487. The van der Waals surface area contributed by atoms with Crippen LogP contribution in [0.5, 0.6) is 0 Å². The van der Waals surface area contributed by atoms with Crippen molar-refractivity contribution in [2.75, 3.05) is 10.6 Å². The highest BCUT2D eigenvalue weighted by atomic mass is 16.4. The Labute approximate surface area is 315 Å². The van der Waals surface area contributed by atoms with Gasteiger partial charge in [-0.05, 0) is 75.3 Å². The molecule has 1 unspecified atom stereocenters. The second-order valence-electron chi connectivity index (χ2n) is 14.1. The topological polar surface area (TPSA) is 251 Å². The Morgan fingerprint density at radius 3 is 2.02 bits per heavy atom. The summed E-state index contributed by atoms with van der Waals surface area (Å²) >= 11 is 0. The number of para-hydroxylation sites is 1. The maximum atomic E-state index is 13.7. The molecule has 4 atom stereocenters. The van der Waals surface area contributed by atoms with Crippen LogP contribution < -0.4 is 27.0 Å². The van der Waals surface area contributed by atoms with E-state index in [1.165, 1.54) is 13.8 Å². The number of nitrogens with one attached hydrogen (secondary N) is 4. The van der Waals surface area contributed by atoms with Gasteiger partial charge in [0, 0.05) is 55.3 Å². The normalized spacial score (nSPS) is 13.4. The monoisotopic (exact) mass is 751 g/mol. The standard InChI is InChI=1S/C39H53N5O10/c1-6-23(2)29(22-28(45)20-25-14-16-27(17-15-25)41-38(54)43-30-12-8-7-10-24(30)3)36(52)42-31(18-19-34(49)50)32(46)21-26(11-9-13-33(47)48)35(51)44-39(4,5)37(40)53/h7-8,10,12,14-17,23,26,29,31H,6,9,11,13,18-22H2,1-5H3,(H2,40,53)(H,42,52)(H,44,51)(H,47,48)(H,49,50)(H2,41,43,54)/t23?,26-,29+,31+/m1/s1. The number of Topliss-reactive ketones (excluding diaryl/α,β-unsaturated/α-hetero) is 2. The van der Waals surface area contributed by atoms with Crippen molar-refractivity contribution >= 4 is 58.6 Å². The van der Waals surface area contributed by atoms with Gasteiger partial charge in [-0.15, -0.1) is 0 Å². The van der Waals surface area contributed by atoms with E-state index in [1.54, 1.807) is 37.3 Å². The number of carbonyl (C=O) groups is 8. The maximum absolute atomic E-state index is 13.7. The Balaban J connectivity index is 2.16. The number of aryl methyl sites for hydroxylation is 1. The van der Waals surface area contributed by atoms with Crippen molar-refractivity contribution in [3.63, 3.8) is 0 Å². The number of carboxylic acids is 2. The molecule has 8 N–H and O–H groups in total. The van der Waals surface area contributed by atoms with Crippen molar-refractivity contribution < 1.29 is 48.6 Å². The number of rotatable bonds is 23. The Morgan fingerprint density at radius 2 is 1.44 bits per heavy atom. The molecule has 0 saturated heterocycles. The third-order valence-electron chi connectivity index (χ3n) is 9.29. The number of benzene rings is 2. The summed E-state index contributed by atoms with van der Waals surface area (Å²) in [5.41, 5.74) is 6.62. The first-order chi connectivity index (χ1) is 25.3. The van der Waals surface area contributed by atoms with Crippen molar-refractivity contribution in [2.24, 2.45) is 23.5 Å². The summed E-state index contributed by atoms with van der Waals surface area (Å²) in [7, 11) is 0. The van der Waals surface area contributed by atoms with E-state index in [-0.39, 0.29) is 50.2 Å². The first-order valence-corrected chi connectivity index (χ1v) is 18.0. The quantitative estimate of drug-likeness (QED) is 0.0845. The highest BCUT2D eigenvalue weighted by Gasteiger charge is 2.35. The minimum atomic E-state index is -1.48. The number of anilines is 2. The second-order valence-corrected chi connectivity index (χ2v) is 14.1. The average Bonchev–Trinajstić information content (AvgIpc) is 3.09. The van der Waals surface area contributed by atoms with Gasteiger partial charge in [-0.1, -0.05) is 50.6 Å². The molecule has 294 valence electrons. The average molecular weight is 752 g/mol. The first kappa shape index (κ1) is 44.6. The Kier molecular flexibility index (Phi) is 17.5. The fourth-order valence-corrected chi connectivity index (χ4v) is 5.63. The second kappa shape index (κ2) is 21.2. The number of aliphatic carboxylic acids is 2.